The van der Waals surface area contributed by atoms with Gasteiger partial charge in [-0.25, -0.2) is 9.59 Å². The van der Waals surface area contributed by atoms with Gasteiger partial charge in [0.25, 0.3) is 0 Å². The number of benzene rings is 2. The fourth-order valence-corrected chi connectivity index (χ4v) is 4.85. The summed E-state index contributed by atoms with van der Waals surface area (Å²) in [4.78, 5) is 31.5. The zero-order chi connectivity index (χ0) is 26.4. The number of amides is 2. The summed E-state index contributed by atoms with van der Waals surface area (Å²) >= 11 is 0. The van der Waals surface area contributed by atoms with Crippen molar-refractivity contribution in [1.82, 2.24) is 4.90 Å². The molecule has 0 aromatic heterocycles. The summed E-state index contributed by atoms with van der Waals surface area (Å²) in [7, 11) is 4.60. The van der Waals surface area contributed by atoms with Crippen LogP contribution in [0.2, 0.25) is 0 Å². The Morgan fingerprint density at radius 3 is 2.50 bits per heavy atom. The number of methoxy groups -OCH3 is 1. The topological polar surface area (TPSA) is 89.5 Å². The van der Waals surface area contributed by atoms with Crippen LogP contribution < -0.4 is 14.8 Å². The molecule has 0 radical (unpaired) electrons. The van der Waals surface area contributed by atoms with Gasteiger partial charge in [0.05, 0.1) is 36.2 Å². The molecule has 2 aliphatic rings. The lowest BCUT2D eigenvalue weighted by Gasteiger charge is -2.31. The van der Waals surface area contributed by atoms with Crippen molar-refractivity contribution in [2.75, 3.05) is 33.1 Å². The van der Waals surface area contributed by atoms with Crippen molar-refractivity contribution in [1.29, 1.82) is 0 Å². The monoisotopic (exact) mass is 493 g/mol. The lowest BCUT2D eigenvalue weighted by Crippen LogP contribution is -2.31. The van der Waals surface area contributed by atoms with Crippen molar-refractivity contribution in [3.05, 3.63) is 52.1 Å². The number of esters is 1. The maximum Gasteiger partial charge on any atom is 0.339 e. The van der Waals surface area contributed by atoms with E-state index < -0.39 is 5.97 Å². The van der Waals surface area contributed by atoms with Gasteiger partial charge in [-0.2, -0.15) is 0 Å². The Morgan fingerprint density at radius 1 is 1.14 bits per heavy atom. The zero-order valence-electron chi connectivity index (χ0n) is 22.4. The maximum atomic E-state index is 12.5. The standard InChI is InChI=1S/C28H35N3O5/c1-9-35-21-13-17-14-27(2,3)30-23(22(17)19-15-28(4,5)36-24(19)21)16-10-11-18(25(32)34-8)20(12-16)29-26(33)31(6)7/h10-13H,9,14-15H2,1-8H3,(H,29,33). The molecular weight excluding hydrogens is 458 g/mol. The highest BCUT2D eigenvalue weighted by Crippen LogP contribution is 2.48. The first-order valence-corrected chi connectivity index (χ1v) is 12.2. The van der Waals surface area contributed by atoms with E-state index in [-0.39, 0.29) is 22.7 Å². The molecule has 2 aromatic carbocycles. The van der Waals surface area contributed by atoms with E-state index in [1.807, 2.05) is 13.0 Å². The fraction of sp³-hybridized carbons (Fsp3) is 0.464. The number of nitrogens with zero attached hydrogens (tertiary/aromatic N) is 2. The quantitative estimate of drug-likeness (QED) is 0.602. The summed E-state index contributed by atoms with van der Waals surface area (Å²) in [6, 6.07) is 7.05. The molecule has 4 rings (SSSR count). The van der Waals surface area contributed by atoms with Crippen molar-refractivity contribution in [3.63, 3.8) is 0 Å². The van der Waals surface area contributed by atoms with Crippen LogP contribution in [-0.4, -0.2) is 61.6 Å². The Balaban J connectivity index is 1.92. The Bertz CT molecular complexity index is 1260. The molecule has 2 heterocycles. The van der Waals surface area contributed by atoms with Gasteiger partial charge in [-0.05, 0) is 64.8 Å². The molecule has 0 fully saturated rings. The van der Waals surface area contributed by atoms with E-state index in [4.69, 9.17) is 19.2 Å². The summed E-state index contributed by atoms with van der Waals surface area (Å²) in [5.74, 6) is 0.994. The number of hydrogen-bond acceptors (Lipinski definition) is 6. The molecule has 0 atom stereocenters. The number of anilines is 1. The molecule has 0 saturated carbocycles. The molecule has 2 aliphatic heterocycles. The first-order valence-electron chi connectivity index (χ1n) is 12.2. The third kappa shape index (κ3) is 4.76. The Morgan fingerprint density at radius 2 is 1.86 bits per heavy atom. The second-order valence-electron chi connectivity index (χ2n) is 10.7. The fourth-order valence-electron chi connectivity index (χ4n) is 4.85. The SMILES string of the molecule is CCOc1cc2c(c3c1OC(C)(C)C3)C(c1ccc(C(=O)OC)c(NC(=O)N(C)C)c1)=NC(C)(C)C2. The van der Waals surface area contributed by atoms with Crippen molar-refractivity contribution >= 4 is 23.4 Å². The van der Waals surface area contributed by atoms with Crippen LogP contribution in [-0.2, 0) is 17.6 Å². The number of hydrogen-bond donors (Lipinski definition) is 1. The van der Waals surface area contributed by atoms with Crippen molar-refractivity contribution in [2.45, 2.75) is 58.6 Å². The van der Waals surface area contributed by atoms with Gasteiger partial charge in [-0.3, -0.25) is 4.99 Å². The second-order valence-corrected chi connectivity index (χ2v) is 10.7. The molecule has 2 aromatic rings. The smallest absolute Gasteiger partial charge is 0.339 e. The summed E-state index contributed by atoms with van der Waals surface area (Å²) in [5.41, 5.74) is 4.76. The number of rotatable bonds is 5. The van der Waals surface area contributed by atoms with E-state index >= 15 is 0 Å². The molecule has 8 nitrogen and oxygen atoms in total. The van der Waals surface area contributed by atoms with E-state index in [9.17, 15) is 9.59 Å². The van der Waals surface area contributed by atoms with Crippen LogP contribution in [0, 0.1) is 0 Å². The molecule has 0 aliphatic carbocycles. The highest BCUT2D eigenvalue weighted by atomic mass is 16.5. The minimum atomic E-state index is -0.528. The van der Waals surface area contributed by atoms with Crippen molar-refractivity contribution in [2.24, 2.45) is 4.99 Å². The van der Waals surface area contributed by atoms with Gasteiger partial charge >= 0.3 is 12.0 Å². The lowest BCUT2D eigenvalue weighted by atomic mass is 9.80. The van der Waals surface area contributed by atoms with Gasteiger partial charge in [-0.15, -0.1) is 0 Å². The number of carbonyl (C=O) groups is 2. The molecule has 1 N–H and O–H groups in total. The lowest BCUT2D eigenvalue weighted by molar-refractivity contribution is 0.0602. The highest BCUT2D eigenvalue weighted by Gasteiger charge is 2.40. The first-order chi connectivity index (χ1) is 16.9. The van der Waals surface area contributed by atoms with Crippen molar-refractivity contribution in [3.8, 4) is 11.5 Å². The average Bonchev–Trinajstić information content (AvgIpc) is 3.12. The normalized spacial score (nSPS) is 16.7. The van der Waals surface area contributed by atoms with E-state index in [0.717, 1.165) is 52.3 Å². The van der Waals surface area contributed by atoms with Gasteiger partial charge in [-0.1, -0.05) is 6.07 Å². The molecular formula is C28H35N3O5. The van der Waals surface area contributed by atoms with Crippen LogP contribution >= 0.6 is 0 Å². The third-order valence-electron chi connectivity index (χ3n) is 6.33. The highest BCUT2D eigenvalue weighted by molar-refractivity contribution is 6.17. The van der Waals surface area contributed by atoms with Crippen LogP contribution in [0.5, 0.6) is 11.5 Å². The largest absolute Gasteiger partial charge is 0.490 e. The Hall–Kier alpha value is -3.55. The van der Waals surface area contributed by atoms with Crippen molar-refractivity contribution < 1.29 is 23.8 Å². The van der Waals surface area contributed by atoms with Gasteiger partial charge in [0, 0.05) is 37.2 Å². The molecule has 8 heteroatoms. The molecule has 0 saturated heterocycles. The molecule has 2 amide bonds. The second kappa shape index (κ2) is 9.15. The average molecular weight is 494 g/mol. The minimum Gasteiger partial charge on any atom is -0.490 e. The van der Waals surface area contributed by atoms with Crippen LogP contribution in [0.25, 0.3) is 0 Å². The van der Waals surface area contributed by atoms with Crippen LogP contribution in [0.1, 0.15) is 67.2 Å². The molecule has 0 bridgehead atoms. The van der Waals surface area contributed by atoms with E-state index in [2.05, 4.69) is 39.1 Å². The molecule has 0 unspecified atom stereocenters. The summed E-state index contributed by atoms with van der Waals surface area (Å²) < 4.78 is 17.3. The number of urea groups is 1. The summed E-state index contributed by atoms with van der Waals surface area (Å²) in [6.07, 6.45) is 1.47. The molecule has 192 valence electrons. The predicted molar refractivity (Wildman–Crippen MR) is 140 cm³/mol. The van der Waals surface area contributed by atoms with Gasteiger partial charge < -0.3 is 24.4 Å². The van der Waals surface area contributed by atoms with Crippen LogP contribution in [0.4, 0.5) is 10.5 Å². The minimum absolute atomic E-state index is 0.272. The third-order valence-corrected chi connectivity index (χ3v) is 6.33. The van der Waals surface area contributed by atoms with Crippen LogP contribution in [0.15, 0.2) is 29.3 Å². The van der Waals surface area contributed by atoms with E-state index in [1.54, 1.807) is 26.2 Å². The Labute approximate surface area is 212 Å². The molecule has 36 heavy (non-hydrogen) atoms. The van der Waals surface area contributed by atoms with Gasteiger partial charge in [0.2, 0.25) is 0 Å². The summed E-state index contributed by atoms with van der Waals surface area (Å²) in [6.45, 7) is 10.8. The van der Waals surface area contributed by atoms with Crippen LogP contribution in [0.3, 0.4) is 0 Å². The predicted octanol–water partition coefficient (Wildman–Crippen LogP) is 4.85. The number of aliphatic imine (C=N–C) groups is 1. The number of carbonyl (C=O) groups excluding carboxylic acids is 2. The number of nitrogens with one attached hydrogen (secondary N) is 1. The first kappa shape index (κ1) is 25.5. The number of fused-ring (bicyclic) bond motifs is 3. The maximum absolute atomic E-state index is 12.5. The van der Waals surface area contributed by atoms with E-state index in [1.165, 1.54) is 12.0 Å². The Kier molecular flexibility index (Phi) is 6.49. The number of ether oxygens (including phenoxy) is 3. The summed E-state index contributed by atoms with van der Waals surface area (Å²) in [5, 5.41) is 2.83. The van der Waals surface area contributed by atoms with Gasteiger partial charge in [0.15, 0.2) is 11.5 Å². The van der Waals surface area contributed by atoms with E-state index in [0.29, 0.717) is 12.3 Å². The zero-order valence-corrected chi connectivity index (χ0v) is 22.4. The molecule has 0 spiro atoms. The van der Waals surface area contributed by atoms with Gasteiger partial charge in [0.1, 0.15) is 5.60 Å².